The molecule has 3 aliphatic rings. The fourth-order valence-corrected chi connectivity index (χ4v) is 8.87. The van der Waals surface area contributed by atoms with Gasteiger partial charge in [0.2, 0.25) is 12.3 Å². The summed E-state index contributed by atoms with van der Waals surface area (Å²) < 4.78 is 0. The predicted molar refractivity (Wildman–Crippen MR) is 164 cm³/mol. The molecule has 2 saturated carbocycles. The zero-order valence-corrected chi connectivity index (χ0v) is 26.1. The summed E-state index contributed by atoms with van der Waals surface area (Å²) in [5.41, 5.74) is 1.95. The number of carbonyl (C=O) groups excluding carboxylic acids is 3. The SMILES string of the molecule is CCCC(C(=O)NC=O)N1Cc2c(SCCCCCCCNC3(C)CC4CC(C)C(Cl)C(C4)C3)cccc2C1=O. The summed E-state index contributed by atoms with van der Waals surface area (Å²) in [6, 6.07) is 5.25. The minimum atomic E-state index is -0.622. The highest BCUT2D eigenvalue weighted by atomic mass is 35.5. The highest BCUT2D eigenvalue weighted by Crippen LogP contribution is 2.48. The Hall–Kier alpha value is -1.57. The molecule has 8 heteroatoms. The van der Waals surface area contributed by atoms with E-state index in [0.29, 0.717) is 42.2 Å². The van der Waals surface area contributed by atoms with Crippen molar-refractivity contribution in [3.63, 3.8) is 0 Å². The van der Waals surface area contributed by atoms with Gasteiger partial charge in [-0.1, -0.05) is 45.6 Å². The van der Waals surface area contributed by atoms with Crippen molar-refractivity contribution in [2.45, 2.75) is 120 Å². The van der Waals surface area contributed by atoms with Crippen molar-refractivity contribution in [1.29, 1.82) is 0 Å². The van der Waals surface area contributed by atoms with Crippen molar-refractivity contribution in [2.75, 3.05) is 12.3 Å². The highest BCUT2D eigenvalue weighted by molar-refractivity contribution is 7.99. The van der Waals surface area contributed by atoms with Gasteiger partial charge in [-0.3, -0.25) is 19.7 Å². The molecule has 3 amide bonds. The van der Waals surface area contributed by atoms with Crippen LogP contribution in [-0.4, -0.2) is 52.4 Å². The number of fused-ring (bicyclic) bond motifs is 3. The van der Waals surface area contributed by atoms with Crippen molar-refractivity contribution in [3.8, 4) is 0 Å². The van der Waals surface area contributed by atoms with Gasteiger partial charge in [-0.25, -0.2) is 0 Å². The first-order valence-corrected chi connectivity index (χ1v) is 16.9. The van der Waals surface area contributed by atoms with Crippen LogP contribution in [0.25, 0.3) is 0 Å². The van der Waals surface area contributed by atoms with Crippen LogP contribution < -0.4 is 10.6 Å². The van der Waals surface area contributed by atoms with E-state index >= 15 is 0 Å². The Morgan fingerprint density at radius 1 is 1.20 bits per heavy atom. The lowest BCUT2D eigenvalue weighted by molar-refractivity contribution is -0.129. The van der Waals surface area contributed by atoms with Crippen molar-refractivity contribution in [2.24, 2.45) is 17.8 Å². The summed E-state index contributed by atoms with van der Waals surface area (Å²) in [6.07, 6.45) is 12.9. The van der Waals surface area contributed by atoms with E-state index < -0.39 is 11.9 Å². The van der Waals surface area contributed by atoms with E-state index in [1.807, 2.05) is 30.8 Å². The number of rotatable bonds is 15. The number of unbranched alkanes of at least 4 members (excludes halogenated alkanes) is 4. The molecule has 6 nitrogen and oxygen atoms in total. The Balaban J connectivity index is 1.15. The number of benzene rings is 1. The summed E-state index contributed by atoms with van der Waals surface area (Å²) in [5.74, 6) is 2.67. The van der Waals surface area contributed by atoms with Gasteiger partial charge in [-0.15, -0.1) is 23.4 Å². The molecular formula is C32H48ClN3O3S. The fourth-order valence-electron chi connectivity index (χ4n) is 7.48. The number of alkyl halides is 1. The van der Waals surface area contributed by atoms with Gasteiger partial charge in [0.05, 0.1) is 0 Å². The number of imide groups is 1. The minimum absolute atomic E-state index is 0.118. The molecule has 6 atom stereocenters. The summed E-state index contributed by atoms with van der Waals surface area (Å²) >= 11 is 8.57. The van der Waals surface area contributed by atoms with Crippen molar-refractivity contribution in [3.05, 3.63) is 29.3 Å². The molecule has 2 aliphatic carbocycles. The maximum atomic E-state index is 13.1. The molecule has 6 unspecified atom stereocenters. The maximum absolute atomic E-state index is 13.1. The van der Waals surface area contributed by atoms with Crippen LogP contribution in [0.5, 0.6) is 0 Å². The van der Waals surface area contributed by atoms with E-state index in [1.54, 1.807) is 4.90 Å². The third-order valence-corrected chi connectivity index (χ3v) is 11.3. The monoisotopic (exact) mass is 589 g/mol. The fraction of sp³-hybridized carbons (Fsp3) is 0.719. The zero-order valence-electron chi connectivity index (χ0n) is 24.6. The molecule has 4 rings (SSSR count). The van der Waals surface area contributed by atoms with Crippen LogP contribution in [-0.2, 0) is 16.1 Å². The molecular weight excluding hydrogens is 542 g/mol. The Morgan fingerprint density at radius 3 is 2.75 bits per heavy atom. The second-order valence-electron chi connectivity index (χ2n) is 12.7. The Morgan fingerprint density at radius 2 is 1.98 bits per heavy atom. The second kappa shape index (κ2) is 14.6. The first-order valence-electron chi connectivity index (χ1n) is 15.4. The summed E-state index contributed by atoms with van der Waals surface area (Å²) in [7, 11) is 0. The van der Waals surface area contributed by atoms with Gasteiger partial charge in [-0.2, -0.15) is 0 Å². The topological polar surface area (TPSA) is 78.5 Å². The third-order valence-electron chi connectivity index (χ3n) is 9.31. The van der Waals surface area contributed by atoms with Crippen LogP contribution in [0.2, 0.25) is 0 Å². The first kappa shape index (κ1) is 31.4. The molecule has 0 aromatic heterocycles. The molecule has 2 N–H and O–H groups in total. The van der Waals surface area contributed by atoms with E-state index in [-0.39, 0.29) is 11.4 Å². The molecule has 0 spiro atoms. The van der Waals surface area contributed by atoms with Crippen molar-refractivity contribution in [1.82, 2.24) is 15.5 Å². The zero-order chi connectivity index (χ0) is 28.7. The molecule has 222 valence electrons. The number of thioether (sulfide) groups is 1. The second-order valence-corrected chi connectivity index (χ2v) is 14.3. The van der Waals surface area contributed by atoms with Crippen molar-refractivity contribution >= 4 is 41.6 Å². The van der Waals surface area contributed by atoms with Crippen LogP contribution in [0.4, 0.5) is 0 Å². The summed E-state index contributed by atoms with van der Waals surface area (Å²) in [4.78, 5) is 39.1. The molecule has 1 aliphatic heterocycles. The molecule has 1 heterocycles. The molecule has 40 heavy (non-hydrogen) atoms. The smallest absolute Gasteiger partial charge is 0.255 e. The summed E-state index contributed by atoms with van der Waals surface area (Å²) in [6.45, 7) is 8.24. The van der Waals surface area contributed by atoms with Crippen LogP contribution in [0.3, 0.4) is 0 Å². The number of carbonyl (C=O) groups is 3. The number of nitrogens with one attached hydrogen (secondary N) is 2. The number of hydrogen-bond donors (Lipinski definition) is 2. The predicted octanol–water partition coefficient (Wildman–Crippen LogP) is 6.54. The number of halogens is 1. The van der Waals surface area contributed by atoms with Gasteiger partial charge < -0.3 is 10.2 Å². The minimum Gasteiger partial charge on any atom is -0.322 e. The van der Waals surface area contributed by atoms with Gasteiger partial charge in [0.1, 0.15) is 6.04 Å². The van der Waals surface area contributed by atoms with Gasteiger partial charge in [-0.05, 0) is 99.6 Å². The normalized spacial score (nSPS) is 28.3. The number of amides is 3. The van der Waals surface area contributed by atoms with Gasteiger partial charge >= 0.3 is 0 Å². The van der Waals surface area contributed by atoms with Crippen LogP contribution in [0.1, 0.15) is 107 Å². The maximum Gasteiger partial charge on any atom is 0.255 e. The highest BCUT2D eigenvalue weighted by Gasteiger charge is 2.44. The van der Waals surface area contributed by atoms with Gasteiger partial charge in [0, 0.05) is 27.9 Å². The van der Waals surface area contributed by atoms with E-state index in [0.717, 1.165) is 41.5 Å². The third kappa shape index (κ3) is 7.63. The van der Waals surface area contributed by atoms with E-state index in [9.17, 15) is 14.4 Å². The molecule has 2 bridgehead atoms. The molecule has 0 radical (unpaired) electrons. The van der Waals surface area contributed by atoms with Crippen LogP contribution >= 0.6 is 23.4 Å². The van der Waals surface area contributed by atoms with E-state index in [1.165, 1.54) is 51.4 Å². The first-order chi connectivity index (χ1) is 19.3. The van der Waals surface area contributed by atoms with Gasteiger partial charge in [0.25, 0.3) is 5.91 Å². The Kier molecular flexibility index (Phi) is 11.4. The molecule has 1 aromatic rings. The lowest BCUT2D eigenvalue weighted by Gasteiger charge is -2.49. The Bertz CT molecular complexity index is 1040. The number of nitrogens with zero attached hydrogens (tertiary/aromatic N) is 1. The lowest BCUT2D eigenvalue weighted by atomic mass is 9.62. The van der Waals surface area contributed by atoms with E-state index in [4.69, 9.17) is 11.6 Å². The van der Waals surface area contributed by atoms with Crippen LogP contribution in [0.15, 0.2) is 23.1 Å². The largest absolute Gasteiger partial charge is 0.322 e. The average Bonchev–Trinajstić information content (AvgIpc) is 3.26. The van der Waals surface area contributed by atoms with E-state index in [2.05, 4.69) is 30.5 Å². The number of hydrogen-bond acceptors (Lipinski definition) is 5. The molecule has 2 fully saturated rings. The lowest BCUT2D eigenvalue weighted by Crippen LogP contribution is -2.53. The molecule has 0 saturated heterocycles. The van der Waals surface area contributed by atoms with Crippen molar-refractivity contribution < 1.29 is 14.4 Å². The summed E-state index contributed by atoms with van der Waals surface area (Å²) in [5, 5.41) is 6.49. The standard InChI is InChI=1S/C32H48ClN3O3S/c1-4-11-27(30(38)34-21-37)36-20-26-25(31(36)39)12-10-13-28(26)40-15-9-7-5-6-8-14-35-32(3)18-23-16-22(2)29(33)24(17-23)19-32/h10,12-13,21-24,27,29,35H,4-9,11,14-20H2,1-3H3,(H,34,37,38). The average molecular weight is 590 g/mol. The molecule has 1 aromatic carbocycles. The quantitative estimate of drug-likeness (QED) is 0.105. The van der Waals surface area contributed by atoms with Crippen LogP contribution in [0, 0.1) is 17.8 Å². The van der Waals surface area contributed by atoms with Gasteiger partial charge in [0.15, 0.2) is 0 Å². The Labute approximate surface area is 250 Å².